The van der Waals surface area contributed by atoms with Gasteiger partial charge in [-0.05, 0) is 32.1 Å². The van der Waals surface area contributed by atoms with Crippen molar-refractivity contribution in [2.24, 2.45) is 5.92 Å². The highest BCUT2D eigenvalue weighted by Crippen LogP contribution is 2.26. The fourth-order valence-corrected chi connectivity index (χ4v) is 3.30. The normalized spacial score (nSPS) is 23.9. The molecule has 1 N–H and O–H groups in total. The molecule has 1 saturated heterocycles. The Morgan fingerprint density at radius 3 is 2.80 bits per heavy atom. The number of aromatic nitrogens is 2. The Balaban J connectivity index is 1.63. The predicted octanol–water partition coefficient (Wildman–Crippen LogP) is 3.28. The van der Waals surface area contributed by atoms with Gasteiger partial charge in [0, 0.05) is 25.1 Å². The number of aryl methyl sites for hydroxylation is 1. The van der Waals surface area contributed by atoms with E-state index in [-0.39, 0.29) is 0 Å². The van der Waals surface area contributed by atoms with Crippen LogP contribution in [0.1, 0.15) is 56.0 Å². The van der Waals surface area contributed by atoms with Crippen LogP contribution in [-0.4, -0.2) is 29.7 Å². The van der Waals surface area contributed by atoms with Gasteiger partial charge in [0.25, 0.3) is 0 Å². The Kier molecular flexibility index (Phi) is 4.51. The largest absolute Gasteiger partial charge is 0.381 e. The molecule has 2 heterocycles. The second kappa shape index (κ2) is 6.53. The molecular weight excluding hydrogens is 250 g/mol. The highest BCUT2D eigenvalue weighted by Gasteiger charge is 2.20. The minimum atomic E-state index is 0.451. The van der Waals surface area contributed by atoms with Crippen LogP contribution in [0.2, 0.25) is 0 Å². The van der Waals surface area contributed by atoms with E-state index in [0.717, 1.165) is 49.4 Å². The van der Waals surface area contributed by atoms with Gasteiger partial charge in [0.2, 0.25) is 0 Å². The van der Waals surface area contributed by atoms with Crippen LogP contribution in [0.3, 0.4) is 0 Å². The van der Waals surface area contributed by atoms with Gasteiger partial charge in [-0.2, -0.15) is 0 Å². The fourth-order valence-electron chi connectivity index (χ4n) is 3.30. The van der Waals surface area contributed by atoms with Crippen LogP contribution in [0.15, 0.2) is 6.07 Å². The first-order valence-electron chi connectivity index (χ1n) is 7.98. The zero-order chi connectivity index (χ0) is 13.8. The molecular formula is C16H25N3O. The van der Waals surface area contributed by atoms with E-state index in [0.29, 0.717) is 5.92 Å². The van der Waals surface area contributed by atoms with E-state index in [4.69, 9.17) is 4.74 Å². The third-order valence-electron chi connectivity index (χ3n) is 4.50. The molecule has 2 fully saturated rings. The second-order valence-corrected chi connectivity index (χ2v) is 6.17. The van der Waals surface area contributed by atoms with E-state index in [1.54, 1.807) is 0 Å². The molecule has 1 aromatic rings. The third kappa shape index (κ3) is 3.48. The average Bonchev–Trinajstić information content (AvgIpc) is 3.00. The quantitative estimate of drug-likeness (QED) is 0.916. The fraction of sp³-hybridized carbons (Fsp3) is 0.750. The molecule has 1 aromatic heterocycles. The summed E-state index contributed by atoms with van der Waals surface area (Å²) in [6.07, 6.45) is 7.99. The molecule has 1 atom stereocenters. The maximum atomic E-state index is 5.47. The number of nitrogens with zero attached hydrogens (tertiary/aromatic N) is 2. The van der Waals surface area contributed by atoms with Gasteiger partial charge >= 0.3 is 0 Å². The van der Waals surface area contributed by atoms with Crippen LogP contribution in [0.5, 0.6) is 0 Å². The van der Waals surface area contributed by atoms with Crippen LogP contribution in [-0.2, 0) is 4.74 Å². The number of hydrogen-bond acceptors (Lipinski definition) is 4. The molecule has 4 nitrogen and oxygen atoms in total. The standard InChI is InChI=1S/C16H25N3O/c1-12-18-15(14-7-8-20-11-14)9-16(19-12)17-10-13-5-3-2-4-6-13/h9,13-14H,2-8,10-11H2,1H3,(H,17,18,19). The summed E-state index contributed by atoms with van der Waals surface area (Å²) < 4.78 is 5.47. The highest BCUT2D eigenvalue weighted by molar-refractivity contribution is 5.37. The first-order valence-corrected chi connectivity index (χ1v) is 7.98. The summed E-state index contributed by atoms with van der Waals surface area (Å²) in [6.45, 7) is 4.69. The summed E-state index contributed by atoms with van der Waals surface area (Å²) in [7, 11) is 0. The molecule has 1 unspecified atom stereocenters. The minimum absolute atomic E-state index is 0.451. The lowest BCUT2D eigenvalue weighted by Crippen LogP contribution is -2.18. The second-order valence-electron chi connectivity index (χ2n) is 6.17. The molecule has 1 aliphatic carbocycles. The minimum Gasteiger partial charge on any atom is -0.381 e. The van der Waals surface area contributed by atoms with Gasteiger partial charge in [0.1, 0.15) is 11.6 Å². The van der Waals surface area contributed by atoms with Crippen molar-refractivity contribution < 1.29 is 4.74 Å². The third-order valence-corrected chi connectivity index (χ3v) is 4.50. The van der Waals surface area contributed by atoms with Crippen LogP contribution in [0, 0.1) is 12.8 Å². The molecule has 3 rings (SSSR count). The molecule has 2 aliphatic rings. The van der Waals surface area contributed by atoms with Gasteiger partial charge < -0.3 is 10.1 Å². The van der Waals surface area contributed by atoms with E-state index < -0.39 is 0 Å². The van der Waals surface area contributed by atoms with E-state index in [1.165, 1.54) is 32.1 Å². The predicted molar refractivity (Wildman–Crippen MR) is 80.0 cm³/mol. The van der Waals surface area contributed by atoms with Gasteiger partial charge in [-0.25, -0.2) is 9.97 Å². The van der Waals surface area contributed by atoms with E-state index >= 15 is 0 Å². The maximum Gasteiger partial charge on any atom is 0.129 e. The van der Waals surface area contributed by atoms with Crippen molar-refractivity contribution in [2.75, 3.05) is 25.1 Å². The van der Waals surface area contributed by atoms with Crippen LogP contribution in [0.4, 0.5) is 5.82 Å². The van der Waals surface area contributed by atoms with Gasteiger partial charge in [-0.1, -0.05) is 19.3 Å². The van der Waals surface area contributed by atoms with Crippen LogP contribution >= 0.6 is 0 Å². The smallest absolute Gasteiger partial charge is 0.129 e. The molecule has 20 heavy (non-hydrogen) atoms. The summed E-state index contributed by atoms with van der Waals surface area (Å²) in [5.41, 5.74) is 1.14. The van der Waals surface area contributed by atoms with Gasteiger partial charge in [0.05, 0.1) is 12.3 Å². The molecule has 1 saturated carbocycles. The number of anilines is 1. The Morgan fingerprint density at radius 2 is 2.05 bits per heavy atom. The lowest BCUT2D eigenvalue weighted by Gasteiger charge is -2.22. The number of ether oxygens (including phenoxy) is 1. The zero-order valence-corrected chi connectivity index (χ0v) is 12.4. The van der Waals surface area contributed by atoms with Crippen molar-refractivity contribution in [3.63, 3.8) is 0 Å². The maximum absolute atomic E-state index is 5.47. The molecule has 0 aromatic carbocycles. The Labute approximate surface area is 121 Å². The van der Waals surface area contributed by atoms with Crippen molar-refractivity contribution in [2.45, 2.75) is 51.4 Å². The molecule has 110 valence electrons. The molecule has 1 aliphatic heterocycles. The van der Waals surface area contributed by atoms with E-state index in [2.05, 4.69) is 21.4 Å². The van der Waals surface area contributed by atoms with E-state index in [1.807, 2.05) is 6.92 Å². The van der Waals surface area contributed by atoms with Crippen molar-refractivity contribution in [1.29, 1.82) is 0 Å². The summed E-state index contributed by atoms with van der Waals surface area (Å²) in [5, 5.41) is 3.53. The van der Waals surface area contributed by atoms with Crippen molar-refractivity contribution in [3.05, 3.63) is 17.6 Å². The summed E-state index contributed by atoms with van der Waals surface area (Å²) >= 11 is 0. The lowest BCUT2D eigenvalue weighted by atomic mass is 9.89. The van der Waals surface area contributed by atoms with Crippen molar-refractivity contribution in [1.82, 2.24) is 9.97 Å². The van der Waals surface area contributed by atoms with Crippen LogP contribution in [0.25, 0.3) is 0 Å². The van der Waals surface area contributed by atoms with Crippen molar-refractivity contribution >= 4 is 5.82 Å². The Bertz CT molecular complexity index is 437. The Hall–Kier alpha value is -1.16. The monoisotopic (exact) mass is 275 g/mol. The summed E-state index contributed by atoms with van der Waals surface area (Å²) in [6, 6.07) is 2.12. The zero-order valence-electron chi connectivity index (χ0n) is 12.4. The number of nitrogens with one attached hydrogen (secondary N) is 1. The van der Waals surface area contributed by atoms with Gasteiger partial charge in [0.15, 0.2) is 0 Å². The lowest BCUT2D eigenvalue weighted by molar-refractivity contribution is 0.193. The van der Waals surface area contributed by atoms with E-state index in [9.17, 15) is 0 Å². The van der Waals surface area contributed by atoms with Crippen molar-refractivity contribution in [3.8, 4) is 0 Å². The first-order chi connectivity index (χ1) is 9.81. The van der Waals surface area contributed by atoms with Crippen LogP contribution < -0.4 is 5.32 Å². The number of rotatable bonds is 4. The highest BCUT2D eigenvalue weighted by atomic mass is 16.5. The first kappa shape index (κ1) is 13.8. The molecule has 0 amide bonds. The molecule has 0 radical (unpaired) electrons. The molecule has 4 heteroatoms. The van der Waals surface area contributed by atoms with Gasteiger partial charge in [-0.15, -0.1) is 0 Å². The topological polar surface area (TPSA) is 47.0 Å². The Morgan fingerprint density at radius 1 is 1.20 bits per heavy atom. The molecule has 0 bridgehead atoms. The molecule has 0 spiro atoms. The average molecular weight is 275 g/mol. The SMILES string of the molecule is Cc1nc(NCC2CCCCC2)cc(C2CCOC2)n1. The summed E-state index contributed by atoms with van der Waals surface area (Å²) in [4.78, 5) is 9.11. The number of hydrogen-bond donors (Lipinski definition) is 1. The summed E-state index contributed by atoms with van der Waals surface area (Å²) in [5.74, 6) is 3.12. The van der Waals surface area contributed by atoms with Gasteiger partial charge in [-0.3, -0.25) is 0 Å².